The van der Waals surface area contributed by atoms with Gasteiger partial charge in [-0.1, -0.05) is 103 Å². The van der Waals surface area contributed by atoms with Gasteiger partial charge < -0.3 is 4.57 Å². The topological polar surface area (TPSA) is 56.5 Å². The monoisotopic (exact) mass is 651 g/mol. The van der Waals surface area contributed by atoms with Gasteiger partial charge in [0.1, 0.15) is 0 Å². The third-order valence-electron chi connectivity index (χ3n) is 9.79. The Kier molecular flexibility index (Phi) is 6.74. The zero-order chi connectivity index (χ0) is 33.7. The van der Waals surface area contributed by atoms with E-state index in [0.717, 1.165) is 72.0 Å². The van der Waals surface area contributed by atoms with Gasteiger partial charge in [0.25, 0.3) is 0 Å². The maximum absolute atomic E-state index is 5.36. The fourth-order valence-electron chi connectivity index (χ4n) is 7.59. The van der Waals surface area contributed by atoms with E-state index in [0.29, 0.717) is 0 Å². The van der Waals surface area contributed by atoms with Crippen LogP contribution in [0.4, 0.5) is 0 Å². The summed E-state index contributed by atoms with van der Waals surface area (Å²) in [7, 11) is 0. The summed E-state index contributed by atoms with van der Waals surface area (Å²) in [4.78, 5) is 19.3. The molecular weight excluding hydrogens is 623 g/mol. The molecule has 5 nitrogen and oxygen atoms in total. The second-order valence-electron chi connectivity index (χ2n) is 12.7. The van der Waals surface area contributed by atoms with E-state index in [1.807, 2.05) is 49.2 Å². The lowest BCUT2D eigenvalue weighted by Crippen LogP contribution is -1.98. The van der Waals surface area contributed by atoms with E-state index >= 15 is 0 Å². The molecule has 5 heteroatoms. The highest BCUT2D eigenvalue weighted by atomic mass is 15.0. The average Bonchev–Trinajstić information content (AvgIpc) is 3.55. The Morgan fingerprint density at radius 3 is 1.76 bits per heavy atom. The molecule has 51 heavy (non-hydrogen) atoms. The highest BCUT2D eigenvalue weighted by Crippen LogP contribution is 2.44. The fourth-order valence-corrected chi connectivity index (χ4v) is 7.59. The minimum Gasteiger partial charge on any atom is -0.308 e. The molecule has 10 aromatic rings. The van der Waals surface area contributed by atoms with Gasteiger partial charge in [-0.2, -0.15) is 0 Å². The van der Waals surface area contributed by atoms with Gasteiger partial charge in [0, 0.05) is 46.7 Å². The van der Waals surface area contributed by atoms with Gasteiger partial charge in [0.2, 0.25) is 0 Å². The van der Waals surface area contributed by atoms with Gasteiger partial charge >= 0.3 is 0 Å². The first kappa shape index (κ1) is 29.0. The fraction of sp³-hybridized carbons (Fsp3) is 0. The Morgan fingerprint density at radius 1 is 0.373 bits per heavy atom. The summed E-state index contributed by atoms with van der Waals surface area (Å²) in [5.41, 5.74) is 11.2. The van der Waals surface area contributed by atoms with Crippen LogP contribution >= 0.6 is 0 Å². The van der Waals surface area contributed by atoms with Crippen molar-refractivity contribution in [2.45, 2.75) is 0 Å². The number of benzene rings is 5. The van der Waals surface area contributed by atoms with Crippen molar-refractivity contribution in [3.63, 3.8) is 0 Å². The third kappa shape index (κ3) is 4.78. The maximum atomic E-state index is 5.36. The van der Waals surface area contributed by atoms with E-state index in [1.54, 1.807) is 0 Å². The van der Waals surface area contributed by atoms with Crippen molar-refractivity contribution in [2.24, 2.45) is 0 Å². The Bertz CT molecular complexity index is 2800. The molecule has 0 aliphatic carbocycles. The Morgan fingerprint density at radius 2 is 1.02 bits per heavy atom. The van der Waals surface area contributed by atoms with Crippen LogP contribution in [0.5, 0.6) is 0 Å². The summed E-state index contributed by atoms with van der Waals surface area (Å²) >= 11 is 0. The average molecular weight is 652 g/mol. The predicted molar refractivity (Wildman–Crippen MR) is 209 cm³/mol. The first-order valence-corrected chi connectivity index (χ1v) is 17.0. The molecular formula is C46H29N5. The summed E-state index contributed by atoms with van der Waals surface area (Å²) in [5.74, 6) is 0. The van der Waals surface area contributed by atoms with E-state index in [9.17, 15) is 0 Å². The SMILES string of the molecule is c1ccc(-c2c3ccccc3c(-c3cc(-c4cncc(-n5c6ccccc6c6cnccc65)c4)cc(-c4ccccn4)n3)c3ccccc23)cc1. The summed E-state index contributed by atoms with van der Waals surface area (Å²) in [6, 6.07) is 51.1. The molecule has 5 aromatic heterocycles. The predicted octanol–water partition coefficient (Wildman–Crippen LogP) is 11.3. The highest BCUT2D eigenvalue weighted by molar-refractivity contribution is 6.21. The molecule has 10 rings (SSSR count). The molecule has 0 fully saturated rings. The largest absolute Gasteiger partial charge is 0.308 e. The number of pyridine rings is 4. The standard InChI is InChI=1S/C46H29N5/c1-2-12-30(13-3-1)45-35-15-4-6-17-37(35)46(38-18-7-5-16-36(38)45)42-26-31(25-41(50-42)40-19-10-11-22-49-40)32-24-33(28-48-27-32)51-43-20-9-8-14-34(43)39-29-47-23-21-44(39)51/h1-29H. The van der Waals surface area contributed by atoms with Gasteiger partial charge in [0.15, 0.2) is 0 Å². The number of nitrogens with zero attached hydrogens (tertiary/aromatic N) is 5. The summed E-state index contributed by atoms with van der Waals surface area (Å²) in [5, 5.41) is 6.95. The van der Waals surface area contributed by atoms with Crippen LogP contribution in [0.15, 0.2) is 177 Å². The molecule has 0 bridgehead atoms. The molecule has 5 aromatic carbocycles. The highest BCUT2D eigenvalue weighted by Gasteiger charge is 2.20. The molecule has 0 spiro atoms. The molecule has 5 heterocycles. The minimum atomic E-state index is 0.803. The normalized spacial score (nSPS) is 11.5. The molecule has 0 atom stereocenters. The van der Waals surface area contributed by atoms with E-state index in [-0.39, 0.29) is 0 Å². The van der Waals surface area contributed by atoms with Crippen molar-refractivity contribution in [1.29, 1.82) is 0 Å². The molecule has 0 unspecified atom stereocenters. The van der Waals surface area contributed by atoms with Gasteiger partial charge in [-0.15, -0.1) is 0 Å². The molecule has 0 aliphatic rings. The number of rotatable bonds is 5. The number of hydrogen-bond donors (Lipinski definition) is 0. The number of hydrogen-bond acceptors (Lipinski definition) is 4. The van der Waals surface area contributed by atoms with E-state index in [2.05, 4.69) is 137 Å². The molecule has 0 N–H and O–H groups in total. The molecule has 0 saturated carbocycles. The van der Waals surface area contributed by atoms with Gasteiger partial charge in [-0.05, 0) is 80.7 Å². The van der Waals surface area contributed by atoms with Crippen LogP contribution in [-0.2, 0) is 0 Å². The van der Waals surface area contributed by atoms with Gasteiger partial charge in [-0.3, -0.25) is 15.0 Å². The zero-order valence-corrected chi connectivity index (χ0v) is 27.5. The van der Waals surface area contributed by atoms with E-state index in [4.69, 9.17) is 15.0 Å². The first-order valence-electron chi connectivity index (χ1n) is 17.0. The van der Waals surface area contributed by atoms with Crippen LogP contribution in [-0.4, -0.2) is 24.5 Å². The maximum Gasteiger partial charge on any atom is 0.0899 e. The van der Waals surface area contributed by atoms with Crippen molar-refractivity contribution in [3.05, 3.63) is 177 Å². The van der Waals surface area contributed by atoms with Crippen LogP contribution in [0.25, 0.3) is 93.9 Å². The van der Waals surface area contributed by atoms with Crippen LogP contribution in [0.3, 0.4) is 0 Å². The number of fused-ring (bicyclic) bond motifs is 5. The smallest absolute Gasteiger partial charge is 0.0899 e. The molecule has 0 saturated heterocycles. The second kappa shape index (κ2) is 11.9. The van der Waals surface area contributed by atoms with E-state index in [1.165, 1.54) is 21.9 Å². The minimum absolute atomic E-state index is 0.803. The van der Waals surface area contributed by atoms with E-state index < -0.39 is 0 Å². The molecule has 0 aliphatic heterocycles. The van der Waals surface area contributed by atoms with Crippen LogP contribution in [0.1, 0.15) is 0 Å². The quantitative estimate of drug-likeness (QED) is 0.174. The van der Waals surface area contributed by atoms with Crippen LogP contribution < -0.4 is 0 Å². The summed E-state index contributed by atoms with van der Waals surface area (Å²) < 4.78 is 2.27. The first-order chi connectivity index (χ1) is 25.3. The molecule has 238 valence electrons. The number of para-hydroxylation sites is 1. The van der Waals surface area contributed by atoms with Crippen molar-refractivity contribution in [2.75, 3.05) is 0 Å². The van der Waals surface area contributed by atoms with Crippen molar-refractivity contribution in [1.82, 2.24) is 24.5 Å². The van der Waals surface area contributed by atoms with Crippen LogP contribution in [0, 0.1) is 0 Å². The Labute approximate surface area is 294 Å². The lowest BCUT2D eigenvalue weighted by molar-refractivity contribution is 1.14. The molecule has 0 amide bonds. The van der Waals surface area contributed by atoms with Gasteiger partial charge in [-0.25, -0.2) is 4.98 Å². The second-order valence-corrected chi connectivity index (χ2v) is 12.7. The number of aromatic nitrogens is 5. The van der Waals surface area contributed by atoms with Crippen molar-refractivity contribution in [3.8, 4) is 50.6 Å². The lowest BCUT2D eigenvalue weighted by Gasteiger charge is -2.18. The van der Waals surface area contributed by atoms with Crippen molar-refractivity contribution < 1.29 is 0 Å². The Hall–Kier alpha value is -6.98. The Balaban J connectivity index is 1.24. The summed E-state index contributed by atoms with van der Waals surface area (Å²) in [6.07, 6.45) is 9.48. The summed E-state index contributed by atoms with van der Waals surface area (Å²) in [6.45, 7) is 0. The van der Waals surface area contributed by atoms with Crippen LogP contribution in [0.2, 0.25) is 0 Å². The van der Waals surface area contributed by atoms with Gasteiger partial charge in [0.05, 0.1) is 40.0 Å². The van der Waals surface area contributed by atoms with Crippen molar-refractivity contribution >= 4 is 43.4 Å². The third-order valence-corrected chi connectivity index (χ3v) is 9.79. The zero-order valence-electron chi connectivity index (χ0n) is 27.5. The molecule has 0 radical (unpaired) electrons. The lowest BCUT2D eigenvalue weighted by atomic mass is 9.87.